The van der Waals surface area contributed by atoms with Crippen molar-refractivity contribution in [1.82, 2.24) is 29.9 Å². The van der Waals surface area contributed by atoms with Crippen LogP contribution in [0.3, 0.4) is 0 Å². The number of carbonyl (C=O) groups is 1. The summed E-state index contributed by atoms with van der Waals surface area (Å²) in [5, 5.41) is 11.1. The predicted molar refractivity (Wildman–Crippen MR) is 121 cm³/mol. The topological polar surface area (TPSA) is 106 Å². The predicted octanol–water partition coefficient (Wildman–Crippen LogP) is 4.72. The van der Waals surface area contributed by atoms with Crippen LogP contribution in [-0.2, 0) is 4.74 Å². The largest absolute Gasteiger partial charge is 0.447 e. The maximum absolute atomic E-state index is 11.9. The molecule has 0 aromatic carbocycles. The summed E-state index contributed by atoms with van der Waals surface area (Å²) in [7, 11) is 0. The van der Waals surface area contributed by atoms with Gasteiger partial charge in [0, 0.05) is 12.7 Å². The Balaban J connectivity index is 2.10. The Morgan fingerprint density at radius 3 is 2.65 bits per heavy atom. The van der Waals surface area contributed by atoms with Gasteiger partial charge in [-0.3, -0.25) is 4.98 Å². The molecule has 1 atom stereocenters. The fourth-order valence-corrected chi connectivity index (χ4v) is 3.52. The summed E-state index contributed by atoms with van der Waals surface area (Å²) in [4.78, 5) is 24.6. The number of nitrogens with one attached hydrogen (secondary N) is 2. The second kappa shape index (κ2) is 9.42. The van der Waals surface area contributed by atoms with Gasteiger partial charge in [0.05, 0.1) is 27.3 Å². The molecule has 1 unspecified atom stereocenters. The monoisotopic (exact) mass is 485 g/mol. The summed E-state index contributed by atoms with van der Waals surface area (Å²) in [6, 6.07) is 1.24. The van der Waals surface area contributed by atoms with Gasteiger partial charge in [0.15, 0.2) is 0 Å². The fraction of sp³-hybridized carbons (Fsp3) is 0.421. The van der Waals surface area contributed by atoms with E-state index < -0.39 is 6.09 Å². The number of hydrogen-bond donors (Lipinski definition) is 2. The van der Waals surface area contributed by atoms with Crippen LogP contribution in [0, 0.1) is 5.41 Å². The van der Waals surface area contributed by atoms with Crippen molar-refractivity contribution in [2.75, 3.05) is 18.5 Å². The van der Waals surface area contributed by atoms with Crippen molar-refractivity contribution < 1.29 is 9.53 Å². The Kier molecular flexibility index (Phi) is 7.08. The number of rotatable bonds is 6. The highest BCUT2D eigenvalue weighted by Crippen LogP contribution is 2.38. The van der Waals surface area contributed by atoms with Crippen molar-refractivity contribution in [3.05, 3.63) is 33.8 Å². The highest BCUT2D eigenvalue weighted by Gasteiger charge is 2.30. The van der Waals surface area contributed by atoms with Gasteiger partial charge in [-0.05, 0) is 18.4 Å². The number of amides is 1. The number of aromatic nitrogens is 5. The Hall–Kier alpha value is -2.36. The maximum atomic E-state index is 11.9. The molecule has 12 heteroatoms. The molecule has 3 aromatic rings. The number of halogens is 3. The van der Waals surface area contributed by atoms with Crippen molar-refractivity contribution in [2.45, 2.75) is 33.7 Å². The molecule has 0 radical (unpaired) electrons. The van der Waals surface area contributed by atoms with Crippen LogP contribution >= 0.6 is 34.8 Å². The van der Waals surface area contributed by atoms with E-state index in [1.807, 2.05) is 27.7 Å². The van der Waals surface area contributed by atoms with E-state index in [1.54, 1.807) is 6.07 Å². The summed E-state index contributed by atoms with van der Waals surface area (Å²) >= 11 is 18.9. The molecule has 3 aromatic heterocycles. The second-order valence-electron chi connectivity index (χ2n) is 7.77. The molecular weight excluding hydrogens is 465 g/mol. The summed E-state index contributed by atoms with van der Waals surface area (Å²) in [6.07, 6.45) is 2.33. The summed E-state index contributed by atoms with van der Waals surface area (Å²) < 4.78 is 6.89. The second-order valence-corrected chi connectivity index (χ2v) is 8.98. The minimum atomic E-state index is -0.500. The first-order valence-corrected chi connectivity index (χ1v) is 10.6. The van der Waals surface area contributed by atoms with E-state index in [2.05, 4.69) is 30.7 Å². The number of pyridine rings is 1. The van der Waals surface area contributed by atoms with E-state index in [0.717, 1.165) is 0 Å². The molecule has 0 aliphatic rings. The van der Waals surface area contributed by atoms with E-state index in [4.69, 9.17) is 39.5 Å². The van der Waals surface area contributed by atoms with Crippen LogP contribution in [0.4, 0.5) is 10.6 Å². The van der Waals surface area contributed by atoms with Crippen LogP contribution < -0.4 is 10.6 Å². The van der Waals surface area contributed by atoms with Crippen LogP contribution in [0.2, 0.25) is 15.2 Å². The average Bonchev–Trinajstić information content (AvgIpc) is 3.13. The summed E-state index contributed by atoms with van der Waals surface area (Å²) in [6.45, 7) is 8.42. The first-order valence-electron chi connectivity index (χ1n) is 9.49. The van der Waals surface area contributed by atoms with Gasteiger partial charge in [-0.1, -0.05) is 55.6 Å². The molecule has 3 rings (SSSR count). The molecule has 9 nitrogen and oxygen atoms in total. The quantitative estimate of drug-likeness (QED) is 0.486. The van der Waals surface area contributed by atoms with Crippen LogP contribution in [0.15, 0.2) is 18.6 Å². The Morgan fingerprint density at radius 1 is 1.26 bits per heavy atom. The summed E-state index contributed by atoms with van der Waals surface area (Å²) in [5.74, 6) is 0.752. The molecule has 0 fully saturated rings. The lowest BCUT2D eigenvalue weighted by Crippen LogP contribution is -2.41. The minimum Gasteiger partial charge on any atom is -0.447 e. The lowest BCUT2D eigenvalue weighted by Gasteiger charge is -2.32. The fourth-order valence-electron chi connectivity index (χ4n) is 2.79. The van der Waals surface area contributed by atoms with Crippen LogP contribution in [0.1, 0.15) is 27.7 Å². The number of carbonyl (C=O) groups excluding carboxylic acids is 1. The smallest absolute Gasteiger partial charge is 0.407 e. The normalized spacial score (nSPS) is 12.6. The molecule has 0 aliphatic carbocycles. The molecule has 0 saturated carbocycles. The first-order chi connectivity index (χ1) is 14.6. The van der Waals surface area contributed by atoms with Gasteiger partial charge in [0.25, 0.3) is 5.78 Å². The lowest BCUT2D eigenvalue weighted by molar-refractivity contribution is 0.124. The molecule has 31 heavy (non-hydrogen) atoms. The van der Waals surface area contributed by atoms with Crippen molar-refractivity contribution in [1.29, 1.82) is 0 Å². The van der Waals surface area contributed by atoms with Crippen LogP contribution in [0.25, 0.3) is 17.0 Å². The number of fused-ring (bicyclic) bond motifs is 1. The number of ether oxygens (including phenoxy) is 1. The third-order valence-corrected chi connectivity index (χ3v) is 5.25. The molecule has 0 aliphatic heterocycles. The van der Waals surface area contributed by atoms with Gasteiger partial charge < -0.3 is 15.4 Å². The molecule has 2 N–H and O–H groups in total. The third-order valence-electron chi connectivity index (χ3n) is 4.49. The van der Waals surface area contributed by atoms with Crippen LogP contribution in [-0.4, -0.2) is 49.9 Å². The van der Waals surface area contributed by atoms with Gasteiger partial charge in [0.2, 0.25) is 0 Å². The van der Waals surface area contributed by atoms with E-state index in [9.17, 15) is 4.79 Å². The van der Waals surface area contributed by atoms with Crippen molar-refractivity contribution >= 4 is 52.5 Å². The van der Waals surface area contributed by atoms with Crippen molar-refractivity contribution in [3.63, 3.8) is 0 Å². The molecule has 1 amide bonds. The van der Waals surface area contributed by atoms with Gasteiger partial charge in [0.1, 0.15) is 23.9 Å². The van der Waals surface area contributed by atoms with E-state index >= 15 is 0 Å². The van der Waals surface area contributed by atoms with Gasteiger partial charge >= 0.3 is 6.09 Å². The molecule has 0 saturated heterocycles. The van der Waals surface area contributed by atoms with Gasteiger partial charge in [-0.25, -0.2) is 4.79 Å². The highest BCUT2D eigenvalue weighted by molar-refractivity contribution is 6.37. The molecular formula is C19H22Cl3N7O2. The Morgan fingerprint density at radius 2 is 2.00 bits per heavy atom. The van der Waals surface area contributed by atoms with E-state index in [-0.39, 0.29) is 23.2 Å². The number of alkyl carbamates (subject to hydrolysis) is 1. The van der Waals surface area contributed by atoms with Gasteiger partial charge in [-0.2, -0.15) is 19.6 Å². The Bertz CT molecular complexity index is 1100. The molecule has 0 bridgehead atoms. The zero-order valence-corrected chi connectivity index (χ0v) is 19.7. The van der Waals surface area contributed by atoms with Crippen LogP contribution in [0.5, 0.6) is 0 Å². The number of nitrogens with zero attached hydrogens (tertiary/aromatic N) is 5. The maximum Gasteiger partial charge on any atom is 0.407 e. The molecule has 0 spiro atoms. The summed E-state index contributed by atoms with van der Waals surface area (Å²) in [5.41, 5.74) is 0.484. The van der Waals surface area contributed by atoms with Crippen molar-refractivity contribution in [3.8, 4) is 11.3 Å². The molecule has 3 heterocycles. The number of anilines is 1. The van der Waals surface area contributed by atoms with Crippen molar-refractivity contribution in [2.24, 2.45) is 5.41 Å². The third kappa shape index (κ3) is 5.28. The number of hydrogen-bond acceptors (Lipinski definition) is 7. The van der Waals surface area contributed by atoms with E-state index in [1.165, 1.54) is 17.0 Å². The minimum absolute atomic E-state index is 0.0900. The highest BCUT2D eigenvalue weighted by atomic mass is 35.5. The zero-order valence-electron chi connectivity index (χ0n) is 17.4. The average molecular weight is 487 g/mol. The van der Waals surface area contributed by atoms with E-state index in [0.29, 0.717) is 39.4 Å². The molecule has 166 valence electrons. The first kappa shape index (κ1) is 23.3. The lowest BCUT2D eigenvalue weighted by atomic mass is 9.87. The SMILES string of the molecule is CCNC(=O)OCC(Nc1c(-c2ncc(Cl)cc2Cl)c(Cl)nc2ncnn12)C(C)(C)C. The Labute approximate surface area is 194 Å². The van der Waals surface area contributed by atoms with Gasteiger partial charge in [-0.15, -0.1) is 0 Å². The zero-order chi connectivity index (χ0) is 22.8. The standard InChI is InChI=1S/C19H22Cl3N7O2/c1-5-23-18(30)31-8-12(19(2,3)4)27-16-13(14-11(21)6-10(20)7-24-14)15(22)28-17-25-9-26-29(16)17/h6-7,9,12,27H,5,8H2,1-4H3,(H,23,30).